The topological polar surface area (TPSA) is 12.0 Å². The first kappa shape index (κ1) is 14.6. The maximum Gasteiger partial charge on any atom is 0.446 e. The van der Waals surface area contributed by atoms with Crippen molar-refractivity contribution in [3.63, 3.8) is 0 Å². The number of hydrogen-bond acceptors (Lipinski definition) is 2. The largest absolute Gasteiger partial charge is 0.446 e. The molecule has 5 heteroatoms. The third kappa shape index (κ3) is 4.06. The highest BCUT2D eigenvalue weighted by Crippen LogP contribution is 2.42. The molecule has 1 fully saturated rings. The lowest BCUT2D eigenvalue weighted by Crippen LogP contribution is -2.38. The maximum atomic E-state index is 12.5. The summed E-state index contributed by atoms with van der Waals surface area (Å²) >= 11 is -0.0515. The van der Waals surface area contributed by atoms with E-state index in [1.807, 2.05) is 0 Å². The van der Waals surface area contributed by atoms with E-state index in [1.54, 1.807) is 18.2 Å². The molecule has 0 atom stereocenters. The van der Waals surface area contributed by atoms with Crippen LogP contribution in [-0.2, 0) is 0 Å². The second-order valence-electron chi connectivity index (χ2n) is 5.36. The van der Waals surface area contributed by atoms with Gasteiger partial charge in [-0.3, -0.25) is 0 Å². The van der Waals surface area contributed by atoms with Crippen molar-refractivity contribution < 1.29 is 13.2 Å². The molecule has 0 spiro atoms. The van der Waals surface area contributed by atoms with Crippen molar-refractivity contribution in [1.29, 1.82) is 0 Å². The number of rotatable bonds is 4. The lowest BCUT2D eigenvalue weighted by atomic mass is 9.73. The Hall–Kier alpha value is -0.840. The zero-order valence-corrected chi connectivity index (χ0v) is 11.8. The number of alkyl halides is 3. The van der Waals surface area contributed by atoms with Gasteiger partial charge in [0.15, 0.2) is 0 Å². The molecule has 1 aromatic rings. The minimum absolute atomic E-state index is 0.0515. The van der Waals surface area contributed by atoms with E-state index >= 15 is 0 Å². The van der Waals surface area contributed by atoms with Gasteiger partial charge in [0, 0.05) is 16.6 Å². The van der Waals surface area contributed by atoms with E-state index in [0.717, 1.165) is 12.8 Å². The molecule has 0 bridgehead atoms. The molecule has 0 aliphatic heterocycles. The Bertz CT molecular complexity index is 425. The lowest BCUT2D eigenvalue weighted by Gasteiger charge is -2.39. The summed E-state index contributed by atoms with van der Waals surface area (Å²) in [5, 5.41) is 3.23. The first-order chi connectivity index (χ1) is 8.85. The highest BCUT2D eigenvalue weighted by atomic mass is 32.2. The van der Waals surface area contributed by atoms with E-state index in [4.69, 9.17) is 0 Å². The first-order valence-corrected chi connectivity index (χ1v) is 7.28. The van der Waals surface area contributed by atoms with Crippen molar-refractivity contribution in [3.05, 3.63) is 24.3 Å². The van der Waals surface area contributed by atoms with Gasteiger partial charge in [0.25, 0.3) is 0 Å². The molecule has 1 aliphatic rings. The Morgan fingerprint density at radius 2 is 1.84 bits per heavy atom. The summed E-state index contributed by atoms with van der Waals surface area (Å²) in [4.78, 5) is 0.253. The SMILES string of the molecule is CC(C)C1CC(Nc2ccccc2SC(F)(F)F)C1. The molecular weight excluding hydrogens is 271 g/mol. The van der Waals surface area contributed by atoms with Gasteiger partial charge in [-0.15, -0.1) is 0 Å². The van der Waals surface area contributed by atoms with E-state index in [2.05, 4.69) is 19.2 Å². The number of hydrogen-bond donors (Lipinski definition) is 1. The third-order valence-electron chi connectivity index (χ3n) is 3.59. The molecule has 0 amide bonds. The number of benzene rings is 1. The van der Waals surface area contributed by atoms with Crippen molar-refractivity contribution in [3.8, 4) is 0 Å². The molecule has 1 N–H and O–H groups in total. The van der Waals surface area contributed by atoms with Gasteiger partial charge in [-0.05, 0) is 48.6 Å². The fourth-order valence-electron chi connectivity index (χ4n) is 2.34. The monoisotopic (exact) mass is 289 g/mol. The van der Waals surface area contributed by atoms with Gasteiger partial charge in [0.1, 0.15) is 0 Å². The molecular formula is C14H18F3NS. The average molecular weight is 289 g/mol. The highest BCUT2D eigenvalue weighted by Gasteiger charge is 2.33. The summed E-state index contributed by atoms with van der Waals surface area (Å²) in [6, 6.07) is 6.94. The van der Waals surface area contributed by atoms with E-state index in [1.165, 1.54) is 6.07 Å². The fraction of sp³-hybridized carbons (Fsp3) is 0.571. The minimum atomic E-state index is -4.24. The van der Waals surface area contributed by atoms with Gasteiger partial charge in [0.05, 0.1) is 0 Å². The smallest absolute Gasteiger partial charge is 0.381 e. The van der Waals surface area contributed by atoms with Crippen LogP contribution < -0.4 is 5.32 Å². The van der Waals surface area contributed by atoms with Crippen LogP contribution in [0.15, 0.2) is 29.2 Å². The summed E-state index contributed by atoms with van der Waals surface area (Å²) in [6.45, 7) is 4.38. The van der Waals surface area contributed by atoms with E-state index < -0.39 is 5.51 Å². The molecule has 0 heterocycles. The van der Waals surface area contributed by atoms with Crippen LogP contribution in [0.25, 0.3) is 0 Å². The fourth-order valence-corrected chi connectivity index (χ4v) is 2.98. The van der Waals surface area contributed by atoms with Gasteiger partial charge < -0.3 is 5.32 Å². The molecule has 0 saturated heterocycles. The number of para-hydroxylation sites is 1. The van der Waals surface area contributed by atoms with Gasteiger partial charge >= 0.3 is 5.51 Å². The van der Waals surface area contributed by atoms with Crippen molar-refractivity contribution in [2.24, 2.45) is 11.8 Å². The van der Waals surface area contributed by atoms with E-state index in [9.17, 15) is 13.2 Å². The number of nitrogens with one attached hydrogen (secondary N) is 1. The molecule has 106 valence electrons. The molecule has 19 heavy (non-hydrogen) atoms. The molecule has 1 aliphatic carbocycles. The number of anilines is 1. The number of thioether (sulfide) groups is 1. The normalized spacial score (nSPS) is 23.3. The standard InChI is InChI=1S/C14H18F3NS/c1-9(2)10-7-11(8-10)18-12-5-3-4-6-13(12)19-14(15,16)17/h3-6,9-11,18H,7-8H2,1-2H3. The van der Waals surface area contributed by atoms with Crippen molar-refractivity contribution in [1.82, 2.24) is 0 Å². The molecule has 1 saturated carbocycles. The summed E-state index contributed by atoms with van der Waals surface area (Å²) < 4.78 is 37.4. The Morgan fingerprint density at radius 1 is 1.21 bits per heavy atom. The number of halogens is 3. The predicted octanol–water partition coefficient (Wildman–Crippen LogP) is 5.15. The molecule has 1 nitrogen and oxygen atoms in total. The molecule has 1 aromatic carbocycles. The van der Waals surface area contributed by atoms with Crippen LogP contribution in [-0.4, -0.2) is 11.6 Å². The lowest BCUT2D eigenvalue weighted by molar-refractivity contribution is -0.0328. The van der Waals surface area contributed by atoms with Crippen LogP contribution >= 0.6 is 11.8 Å². The predicted molar refractivity (Wildman–Crippen MR) is 73.3 cm³/mol. The van der Waals surface area contributed by atoms with Crippen molar-refractivity contribution >= 4 is 17.4 Å². The Labute approximate surface area is 116 Å². The van der Waals surface area contributed by atoms with Crippen molar-refractivity contribution in [2.45, 2.75) is 43.1 Å². The van der Waals surface area contributed by atoms with E-state index in [-0.39, 0.29) is 16.7 Å². The summed E-state index contributed by atoms with van der Waals surface area (Å²) in [5.74, 6) is 1.35. The average Bonchev–Trinajstić information content (AvgIpc) is 2.22. The zero-order chi connectivity index (χ0) is 14.0. The Kier molecular flexibility index (Phi) is 4.33. The zero-order valence-electron chi connectivity index (χ0n) is 11.0. The quantitative estimate of drug-likeness (QED) is 0.770. The first-order valence-electron chi connectivity index (χ1n) is 6.46. The minimum Gasteiger partial charge on any atom is -0.381 e. The highest BCUT2D eigenvalue weighted by molar-refractivity contribution is 8.00. The van der Waals surface area contributed by atoms with Gasteiger partial charge in [0.2, 0.25) is 0 Å². The molecule has 0 unspecified atom stereocenters. The van der Waals surface area contributed by atoms with Crippen molar-refractivity contribution in [2.75, 3.05) is 5.32 Å². The van der Waals surface area contributed by atoms with Crippen LogP contribution in [0.3, 0.4) is 0 Å². The maximum absolute atomic E-state index is 12.5. The summed E-state index contributed by atoms with van der Waals surface area (Å²) in [7, 11) is 0. The van der Waals surface area contributed by atoms with Gasteiger partial charge in [-0.25, -0.2) is 0 Å². The molecule has 2 rings (SSSR count). The molecule has 0 radical (unpaired) electrons. The van der Waals surface area contributed by atoms with Gasteiger partial charge in [-0.2, -0.15) is 13.2 Å². The van der Waals surface area contributed by atoms with Crippen LogP contribution in [0.5, 0.6) is 0 Å². The second kappa shape index (κ2) is 5.65. The van der Waals surface area contributed by atoms with E-state index in [0.29, 0.717) is 23.6 Å². The van der Waals surface area contributed by atoms with Crippen LogP contribution in [0.2, 0.25) is 0 Å². The Balaban J connectivity index is 1.98. The molecule has 0 aromatic heterocycles. The van der Waals surface area contributed by atoms with Gasteiger partial charge in [-0.1, -0.05) is 26.0 Å². The Morgan fingerprint density at radius 3 is 2.42 bits per heavy atom. The van der Waals surface area contributed by atoms with Crippen LogP contribution in [0.1, 0.15) is 26.7 Å². The third-order valence-corrected chi connectivity index (χ3v) is 4.40. The summed E-state index contributed by atoms with van der Waals surface area (Å²) in [6.07, 6.45) is 2.09. The van der Waals surface area contributed by atoms with Crippen LogP contribution in [0, 0.1) is 11.8 Å². The second-order valence-corrected chi connectivity index (χ2v) is 6.47. The van der Waals surface area contributed by atoms with Crippen LogP contribution in [0.4, 0.5) is 18.9 Å². The summed E-state index contributed by atoms with van der Waals surface area (Å²) in [5.41, 5.74) is -3.64.